The molecule has 1 N–H and O–H groups in total. The molecule has 0 unspecified atom stereocenters. The molecule has 0 aromatic heterocycles. The third-order valence-electron chi connectivity index (χ3n) is 3.76. The van der Waals surface area contributed by atoms with Crippen molar-refractivity contribution in [1.82, 2.24) is 4.90 Å². The van der Waals surface area contributed by atoms with Gasteiger partial charge in [0.2, 0.25) is 0 Å². The van der Waals surface area contributed by atoms with Crippen LogP contribution in [-0.4, -0.2) is 40.0 Å². The second kappa shape index (κ2) is 7.00. The molecule has 0 saturated heterocycles. The molecule has 1 aromatic carbocycles. The normalized spacial score (nSPS) is 15.1. The maximum atomic E-state index is 12.7. The SMILES string of the molecule is O=C(c1cc([N+](=O)[O-])ccc1Br)N(CCO)C1CCCC1. The average Bonchev–Trinajstić information content (AvgIpc) is 2.98. The van der Waals surface area contributed by atoms with Crippen molar-refractivity contribution in [2.75, 3.05) is 13.2 Å². The van der Waals surface area contributed by atoms with Gasteiger partial charge in [-0.3, -0.25) is 14.9 Å². The molecule has 0 heterocycles. The van der Waals surface area contributed by atoms with E-state index in [0.717, 1.165) is 25.7 Å². The fourth-order valence-corrected chi connectivity index (χ4v) is 3.14. The number of aliphatic hydroxyl groups excluding tert-OH is 1. The summed E-state index contributed by atoms with van der Waals surface area (Å²) in [5.74, 6) is -0.272. The molecule has 0 atom stereocenters. The number of non-ortho nitro benzene ring substituents is 1. The Hall–Kier alpha value is -1.47. The van der Waals surface area contributed by atoms with E-state index in [1.165, 1.54) is 18.2 Å². The summed E-state index contributed by atoms with van der Waals surface area (Å²) in [7, 11) is 0. The molecule has 1 aromatic rings. The molecule has 1 fully saturated rings. The van der Waals surface area contributed by atoms with Crippen molar-refractivity contribution in [1.29, 1.82) is 0 Å². The lowest BCUT2D eigenvalue weighted by Crippen LogP contribution is -2.40. The van der Waals surface area contributed by atoms with E-state index in [4.69, 9.17) is 0 Å². The molecule has 0 bridgehead atoms. The Labute approximate surface area is 131 Å². The number of nitrogens with zero attached hydrogens (tertiary/aromatic N) is 2. The van der Waals surface area contributed by atoms with Crippen LogP contribution in [0.1, 0.15) is 36.0 Å². The van der Waals surface area contributed by atoms with Gasteiger partial charge in [0, 0.05) is 29.2 Å². The van der Waals surface area contributed by atoms with E-state index in [1.807, 2.05) is 0 Å². The molecule has 0 spiro atoms. The summed E-state index contributed by atoms with van der Waals surface area (Å²) >= 11 is 3.28. The van der Waals surface area contributed by atoms with Crippen LogP contribution in [-0.2, 0) is 0 Å². The van der Waals surface area contributed by atoms with Crippen LogP contribution in [0.4, 0.5) is 5.69 Å². The number of nitro benzene ring substituents is 1. The topological polar surface area (TPSA) is 83.7 Å². The maximum Gasteiger partial charge on any atom is 0.270 e. The third-order valence-corrected chi connectivity index (χ3v) is 4.45. The highest BCUT2D eigenvalue weighted by Crippen LogP contribution is 2.28. The van der Waals surface area contributed by atoms with Crippen molar-refractivity contribution in [2.24, 2.45) is 0 Å². The van der Waals surface area contributed by atoms with E-state index >= 15 is 0 Å². The van der Waals surface area contributed by atoms with Crippen LogP contribution >= 0.6 is 15.9 Å². The largest absolute Gasteiger partial charge is 0.395 e. The third kappa shape index (κ3) is 3.59. The van der Waals surface area contributed by atoms with Gasteiger partial charge in [0.1, 0.15) is 0 Å². The monoisotopic (exact) mass is 356 g/mol. The number of hydrogen-bond acceptors (Lipinski definition) is 4. The Morgan fingerprint density at radius 2 is 2.10 bits per heavy atom. The number of nitro groups is 1. The molecule has 21 heavy (non-hydrogen) atoms. The fourth-order valence-electron chi connectivity index (χ4n) is 2.72. The molecule has 2 rings (SSSR count). The Morgan fingerprint density at radius 3 is 2.67 bits per heavy atom. The van der Waals surface area contributed by atoms with Crippen molar-refractivity contribution >= 4 is 27.5 Å². The summed E-state index contributed by atoms with van der Waals surface area (Å²) in [6.45, 7) is 0.132. The zero-order valence-corrected chi connectivity index (χ0v) is 13.1. The van der Waals surface area contributed by atoms with Crippen LogP contribution in [0.5, 0.6) is 0 Å². The molecule has 0 aliphatic heterocycles. The van der Waals surface area contributed by atoms with E-state index in [-0.39, 0.29) is 36.4 Å². The first kappa shape index (κ1) is 15.9. The van der Waals surface area contributed by atoms with E-state index in [9.17, 15) is 20.0 Å². The zero-order chi connectivity index (χ0) is 15.4. The van der Waals surface area contributed by atoms with Gasteiger partial charge in [0.15, 0.2) is 0 Å². The number of aliphatic hydroxyl groups is 1. The lowest BCUT2D eigenvalue weighted by atomic mass is 10.1. The van der Waals surface area contributed by atoms with Gasteiger partial charge in [-0.25, -0.2) is 0 Å². The van der Waals surface area contributed by atoms with Gasteiger partial charge < -0.3 is 10.0 Å². The number of rotatable bonds is 5. The standard InChI is InChI=1S/C14H17BrN2O4/c15-13-6-5-11(17(20)21)9-12(13)14(19)16(7-8-18)10-3-1-2-4-10/h5-6,9-10,18H,1-4,7-8H2. The van der Waals surface area contributed by atoms with Crippen molar-refractivity contribution in [2.45, 2.75) is 31.7 Å². The summed E-state index contributed by atoms with van der Waals surface area (Å²) < 4.78 is 0.527. The van der Waals surface area contributed by atoms with Gasteiger partial charge in [0.05, 0.1) is 17.1 Å². The van der Waals surface area contributed by atoms with Gasteiger partial charge in [0.25, 0.3) is 11.6 Å². The molecular weight excluding hydrogens is 340 g/mol. The second-order valence-corrected chi connectivity index (χ2v) is 5.94. The number of halogens is 1. The quantitative estimate of drug-likeness (QED) is 0.649. The average molecular weight is 357 g/mol. The summed E-state index contributed by atoms with van der Waals surface area (Å²) in [5.41, 5.74) is 0.154. The van der Waals surface area contributed by atoms with Crippen molar-refractivity contribution in [3.05, 3.63) is 38.3 Å². The number of carbonyl (C=O) groups excluding carboxylic acids is 1. The zero-order valence-electron chi connectivity index (χ0n) is 11.5. The Morgan fingerprint density at radius 1 is 1.43 bits per heavy atom. The van der Waals surface area contributed by atoms with Crippen molar-refractivity contribution < 1.29 is 14.8 Å². The second-order valence-electron chi connectivity index (χ2n) is 5.08. The molecular formula is C14H17BrN2O4. The van der Waals surface area contributed by atoms with Gasteiger partial charge in [-0.2, -0.15) is 0 Å². The van der Waals surface area contributed by atoms with Crippen LogP contribution in [0.2, 0.25) is 0 Å². The first-order valence-corrected chi connectivity index (χ1v) is 7.69. The molecule has 7 heteroatoms. The first-order chi connectivity index (χ1) is 10.0. The van der Waals surface area contributed by atoms with Crippen LogP contribution in [0, 0.1) is 10.1 Å². The Bertz CT molecular complexity index is 544. The number of benzene rings is 1. The highest BCUT2D eigenvalue weighted by atomic mass is 79.9. The van der Waals surface area contributed by atoms with E-state index in [2.05, 4.69) is 15.9 Å². The van der Waals surface area contributed by atoms with Gasteiger partial charge in [-0.1, -0.05) is 12.8 Å². The predicted molar refractivity (Wildman–Crippen MR) is 81.2 cm³/mol. The lowest BCUT2D eigenvalue weighted by Gasteiger charge is -2.28. The molecule has 1 aliphatic rings. The molecule has 6 nitrogen and oxygen atoms in total. The highest BCUT2D eigenvalue weighted by Gasteiger charge is 2.28. The minimum Gasteiger partial charge on any atom is -0.395 e. The van der Waals surface area contributed by atoms with Gasteiger partial charge in [-0.15, -0.1) is 0 Å². The minimum atomic E-state index is -0.519. The van der Waals surface area contributed by atoms with Crippen LogP contribution < -0.4 is 0 Å². The van der Waals surface area contributed by atoms with Gasteiger partial charge >= 0.3 is 0 Å². The number of hydrogen-bond donors (Lipinski definition) is 1. The van der Waals surface area contributed by atoms with Crippen LogP contribution in [0.25, 0.3) is 0 Å². The van der Waals surface area contributed by atoms with Crippen LogP contribution in [0.15, 0.2) is 22.7 Å². The van der Waals surface area contributed by atoms with Gasteiger partial charge in [-0.05, 0) is 34.8 Å². The summed E-state index contributed by atoms with van der Waals surface area (Å²) in [6, 6.07) is 4.26. The summed E-state index contributed by atoms with van der Waals surface area (Å²) in [5, 5.41) is 20.1. The summed E-state index contributed by atoms with van der Waals surface area (Å²) in [4.78, 5) is 24.7. The molecule has 1 aliphatic carbocycles. The lowest BCUT2D eigenvalue weighted by molar-refractivity contribution is -0.384. The van der Waals surface area contributed by atoms with Crippen molar-refractivity contribution in [3.63, 3.8) is 0 Å². The Balaban J connectivity index is 2.31. The van der Waals surface area contributed by atoms with Crippen LogP contribution in [0.3, 0.4) is 0 Å². The Kier molecular flexibility index (Phi) is 5.30. The highest BCUT2D eigenvalue weighted by molar-refractivity contribution is 9.10. The maximum absolute atomic E-state index is 12.7. The number of carbonyl (C=O) groups is 1. The first-order valence-electron chi connectivity index (χ1n) is 6.90. The molecule has 0 radical (unpaired) electrons. The minimum absolute atomic E-state index is 0.107. The fraction of sp³-hybridized carbons (Fsp3) is 0.500. The van der Waals surface area contributed by atoms with E-state index in [0.29, 0.717) is 4.47 Å². The van der Waals surface area contributed by atoms with E-state index < -0.39 is 4.92 Å². The smallest absolute Gasteiger partial charge is 0.270 e. The summed E-state index contributed by atoms with van der Waals surface area (Å²) in [6.07, 6.45) is 3.96. The number of amides is 1. The molecule has 1 amide bonds. The molecule has 1 saturated carbocycles. The predicted octanol–water partition coefficient (Wildman–Crippen LogP) is 2.73. The van der Waals surface area contributed by atoms with E-state index in [1.54, 1.807) is 4.90 Å². The molecule has 114 valence electrons. The van der Waals surface area contributed by atoms with Crippen molar-refractivity contribution in [3.8, 4) is 0 Å².